The summed E-state index contributed by atoms with van der Waals surface area (Å²) in [6.07, 6.45) is 0.0915. The smallest absolute Gasteiger partial charge is 0.137 e. The zero-order chi connectivity index (χ0) is 14.5. The van der Waals surface area contributed by atoms with Crippen molar-refractivity contribution in [1.29, 1.82) is 0 Å². The average molecular weight is 339 g/mol. The van der Waals surface area contributed by atoms with Gasteiger partial charge >= 0.3 is 0 Å². The van der Waals surface area contributed by atoms with E-state index in [9.17, 15) is 9.50 Å². The molecule has 0 aliphatic carbocycles. The molecular weight excluding hydrogens is 323 g/mol. The van der Waals surface area contributed by atoms with Crippen LogP contribution in [0.5, 0.6) is 5.75 Å². The summed E-state index contributed by atoms with van der Waals surface area (Å²) in [5.74, 6) is 0.359. The van der Waals surface area contributed by atoms with E-state index in [1.807, 2.05) is 31.2 Å². The van der Waals surface area contributed by atoms with Crippen LogP contribution in [0.3, 0.4) is 0 Å². The minimum Gasteiger partial charge on any atom is -0.489 e. The lowest BCUT2D eigenvalue weighted by atomic mass is 10.1. The van der Waals surface area contributed by atoms with E-state index in [0.29, 0.717) is 23.2 Å². The van der Waals surface area contributed by atoms with Crippen molar-refractivity contribution >= 4 is 15.9 Å². The van der Waals surface area contributed by atoms with Gasteiger partial charge in [0, 0.05) is 5.56 Å². The number of hydrogen-bond donors (Lipinski definition) is 1. The Hall–Kier alpha value is -1.39. The molecule has 1 N–H and O–H groups in total. The van der Waals surface area contributed by atoms with Crippen LogP contribution in [0.1, 0.15) is 30.6 Å². The van der Waals surface area contributed by atoms with Gasteiger partial charge in [0.05, 0.1) is 10.6 Å². The molecule has 106 valence electrons. The van der Waals surface area contributed by atoms with Gasteiger partial charge in [0.15, 0.2) is 0 Å². The molecule has 0 bridgehead atoms. The van der Waals surface area contributed by atoms with Crippen molar-refractivity contribution in [3.8, 4) is 5.75 Å². The van der Waals surface area contributed by atoms with Crippen molar-refractivity contribution in [3.05, 3.63) is 63.9 Å². The maximum Gasteiger partial charge on any atom is 0.137 e. The molecule has 0 radical (unpaired) electrons. The number of rotatable bonds is 5. The fourth-order valence-corrected chi connectivity index (χ4v) is 2.32. The molecule has 0 fully saturated rings. The second-order valence-electron chi connectivity index (χ2n) is 4.50. The Labute approximate surface area is 126 Å². The topological polar surface area (TPSA) is 29.5 Å². The van der Waals surface area contributed by atoms with Gasteiger partial charge in [-0.05, 0) is 46.1 Å². The number of hydrogen-bond acceptors (Lipinski definition) is 2. The molecule has 0 saturated carbocycles. The maximum absolute atomic E-state index is 13.2. The normalized spacial score (nSPS) is 12.2. The molecule has 2 aromatic rings. The summed E-state index contributed by atoms with van der Waals surface area (Å²) in [7, 11) is 0. The third-order valence-electron chi connectivity index (χ3n) is 3.04. The first-order valence-corrected chi connectivity index (χ1v) is 7.24. The predicted octanol–water partition coefficient (Wildman–Crippen LogP) is 4.61. The van der Waals surface area contributed by atoms with Gasteiger partial charge < -0.3 is 9.84 Å². The molecule has 4 heteroatoms. The van der Waals surface area contributed by atoms with E-state index in [1.165, 1.54) is 6.07 Å². The van der Waals surface area contributed by atoms with Crippen LogP contribution >= 0.6 is 15.9 Å². The fourth-order valence-electron chi connectivity index (χ4n) is 1.90. The first-order chi connectivity index (χ1) is 9.61. The van der Waals surface area contributed by atoms with E-state index >= 15 is 0 Å². The van der Waals surface area contributed by atoms with Gasteiger partial charge in [0.2, 0.25) is 0 Å². The van der Waals surface area contributed by atoms with E-state index in [2.05, 4.69) is 15.9 Å². The van der Waals surface area contributed by atoms with Gasteiger partial charge in [0.25, 0.3) is 0 Å². The van der Waals surface area contributed by atoms with Crippen molar-refractivity contribution in [3.63, 3.8) is 0 Å². The first-order valence-electron chi connectivity index (χ1n) is 6.45. The Morgan fingerprint density at radius 3 is 2.70 bits per heavy atom. The number of halogens is 2. The third-order valence-corrected chi connectivity index (χ3v) is 3.65. The third kappa shape index (κ3) is 3.58. The number of para-hydroxylation sites is 1. The summed E-state index contributed by atoms with van der Waals surface area (Å²) in [6, 6.07) is 12.2. The van der Waals surface area contributed by atoms with Crippen molar-refractivity contribution in [2.75, 3.05) is 0 Å². The minimum absolute atomic E-state index is 0.296. The molecule has 0 spiro atoms. The molecule has 0 heterocycles. The maximum atomic E-state index is 13.2. The van der Waals surface area contributed by atoms with E-state index in [-0.39, 0.29) is 5.82 Å². The van der Waals surface area contributed by atoms with Gasteiger partial charge in [-0.2, -0.15) is 0 Å². The lowest BCUT2D eigenvalue weighted by Crippen LogP contribution is -2.02. The average Bonchev–Trinajstić information content (AvgIpc) is 2.48. The van der Waals surface area contributed by atoms with Crippen LogP contribution in [0.25, 0.3) is 0 Å². The number of ether oxygens (including phenoxy) is 1. The molecule has 2 nitrogen and oxygen atoms in total. The molecular formula is C16H16BrFO2. The van der Waals surface area contributed by atoms with Gasteiger partial charge in [-0.1, -0.05) is 31.2 Å². The zero-order valence-corrected chi connectivity index (χ0v) is 12.7. The van der Waals surface area contributed by atoms with Crippen LogP contribution in [0, 0.1) is 5.82 Å². The second-order valence-corrected chi connectivity index (χ2v) is 5.35. The molecule has 0 aliphatic heterocycles. The Morgan fingerprint density at radius 2 is 2.00 bits per heavy atom. The lowest BCUT2D eigenvalue weighted by Gasteiger charge is -2.15. The Balaban J connectivity index is 2.12. The molecule has 0 saturated heterocycles. The van der Waals surface area contributed by atoms with Gasteiger partial charge in [-0.3, -0.25) is 0 Å². The van der Waals surface area contributed by atoms with Gasteiger partial charge in [-0.25, -0.2) is 4.39 Å². The van der Waals surface area contributed by atoms with Crippen LogP contribution in [0.15, 0.2) is 46.9 Å². The number of benzene rings is 2. The number of aliphatic hydroxyl groups is 1. The van der Waals surface area contributed by atoms with E-state index < -0.39 is 6.10 Å². The molecule has 20 heavy (non-hydrogen) atoms. The van der Waals surface area contributed by atoms with Crippen molar-refractivity contribution < 1.29 is 14.2 Å². The lowest BCUT2D eigenvalue weighted by molar-refractivity contribution is 0.166. The second kappa shape index (κ2) is 6.86. The van der Waals surface area contributed by atoms with Crippen LogP contribution in [-0.2, 0) is 6.61 Å². The standard InChI is InChI=1S/C16H16BrFO2/c1-2-15(19)12-5-3-4-6-16(12)20-10-11-7-8-14(18)13(17)9-11/h3-9,15,19H,2,10H2,1H3. The van der Waals surface area contributed by atoms with Crippen LogP contribution in [-0.4, -0.2) is 5.11 Å². The highest BCUT2D eigenvalue weighted by Crippen LogP contribution is 2.28. The highest BCUT2D eigenvalue weighted by atomic mass is 79.9. The van der Waals surface area contributed by atoms with E-state index in [4.69, 9.17) is 4.74 Å². The SMILES string of the molecule is CCC(O)c1ccccc1OCc1ccc(F)c(Br)c1. The fraction of sp³-hybridized carbons (Fsp3) is 0.250. The van der Waals surface area contributed by atoms with Crippen molar-refractivity contribution in [2.45, 2.75) is 26.1 Å². The van der Waals surface area contributed by atoms with E-state index in [1.54, 1.807) is 12.1 Å². The summed E-state index contributed by atoms with van der Waals surface area (Å²) in [6.45, 7) is 2.24. The minimum atomic E-state index is -0.536. The summed E-state index contributed by atoms with van der Waals surface area (Å²) >= 11 is 3.15. The molecule has 2 rings (SSSR count). The van der Waals surface area contributed by atoms with Crippen molar-refractivity contribution in [1.82, 2.24) is 0 Å². The Bertz CT molecular complexity index is 586. The zero-order valence-electron chi connectivity index (χ0n) is 11.1. The van der Waals surface area contributed by atoms with Gasteiger partial charge in [-0.15, -0.1) is 0 Å². The monoisotopic (exact) mass is 338 g/mol. The first kappa shape index (κ1) is 15.0. The molecule has 0 aromatic heterocycles. The summed E-state index contributed by atoms with van der Waals surface area (Å²) in [5.41, 5.74) is 1.63. The van der Waals surface area contributed by atoms with Gasteiger partial charge in [0.1, 0.15) is 18.2 Å². The van der Waals surface area contributed by atoms with E-state index in [0.717, 1.165) is 11.1 Å². The summed E-state index contributed by atoms with van der Waals surface area (Å²) in [5, 5.41) is 9.95. The summed E-state index contributed by atoms with van der Waals surface area (Å²) < 4.78 is 19.3. The number of aliphatic hydroxyl groups excluding tert-OH is 1. The van der Waals surface area contributed by atoms with Crippen LogP contribution in [0.2, 0.25) is 0 Å². The van der Waals surface area contributed by atoms with Crippen LogP contribution < -0.4 is 4.74 Å². The largest absolute Gasteiger partial charge is 0.489 e. The quantitative estimate of drug-likeness (QED) is 0.862. The Morgan fingerprint density at radius 1 is 1.25 bits per heavy atom. The summed E-state index contributed by atoms with van der Waals surface area (Å²) in [4.78, 5) is 0. The predicted molar refractivity (Wildman–Crippen MR) is 80.1 cm³/mol. The molecule has 1 atom stereocenters. The molecule has 1 unspecified atom stereocenters. The molecule has 0 amide bonds. The highest BCUT2D eigenvalue weighted by Gasteiger charge is 2.11. The molecule has 0 aliphatic rings. The van der Waals surface area contributed by atoms with Crippen molar-refractivity contribution in [2.24, 2.45) is 0 Å². The molecule has 2 aromatic carbocycles. The highest BCUT2D eigenvalue weighted by molar-refractivity contribution is 9.10. The van der Waals surface area contributed by atoms with Crippen LogP contribution in [0.4, 0.5) is 4.39 Å². The Kier molecular flexibility index (Phi) is 5.15.